The first-order valence-electron chi connectivity index (χ1n) is 9.40. The summed E-state index contributed by atoms with van der Waals surface area (Å²) < 4.78 is 5.90. The number of para-hydroxylation sites is 2. The van der Waals surface area contributed by atoms with E-state index < -0.39 is 0 Å². The lowest BCUT2D eigenvalue weighted by molar-refractivity contribution is 0.102. The number of benzene rings is 2. The van der Waals surface area contributed by atoms with Gasteiger partial charge in [0.25, 0.3) is 5.91 Å². The molecule has 0 saturated carbocycles. The molecule has 0 unspecified atom stereocenters. The van der Waals surface area contributed by atoms with Crippen LogP contribution in [-0.2, 0) is 0 Å². The van der Waals surface area contributed by atoms with E-state index in [4.69, 9.17) is 4.74 Å². The van der Waals surface area contributed by atoms with Crippen LogP contribution >= 0.6 is 0 Å². The lowest BCUT2D eigenvalue weighted by atomic mass is 10.0. The number of carbonyl (C=O) groups is 1. The second-order valence-corrected chi connectivity index (χ2v) is 6.60. The molecule has 0 aromatic heterocycles. The van der Waals surface area contributed by atoms with Gasteiger partial charge in [-0.2, -0.15) is 0 Å². The van der Waals surface area contributed by atoms with Crippen LogP contribution in [0.2, 0.25) is 0 Å². The minimum atomic E-state index is -0.125. The summed E-state index contributed by atoms with van der Waals surface area (Å²) in [5.74, 6) is 1.03. The van der Waals surface area contributed by atoms with Crippen molar-refractivity contribution in [2.75, 3.05) is 31.6 Å². The number of likely N-dealkylation sites (N-methyl/N-ethyl adjacent to an activating group) is 1. The highest BCUT2D eigenvalue weighted by molar-refractivity contribution is 6.05. The number of rotatable bonds is 9. The predicted octanol–water partition coefficient (Wildman–Crippen LogP) is 4.78. The topological polar surface area (TPSA) is 41.6 Å². The van der Waals surface area contributed by atoms with E-state index in [0.29, 0.717) is 29.5 Å². The fraction of sp³-hybridized carbons (Fsp3) is 0.409. The number of nitrogens with one attached hydrogen (secondary N) is 1. The van der Waals surface area contributed by atoms with Gasteiger partial charge >= 0.3 is 0 Å². The van der Waals surface area contributed by atoms with Gasteiger partial charge in [-0.15, -0.1) is 0 Å². The van der Waals surface area contributed by atoms with Crippen molar-refractivity contribution in [3.8, 4) is 5.75 Å². The van der Waals surface area contributed by atoms with Crippen molar-refractivity contribution >= 4 is 11.6 Å². The van der Waals surface area contributed by atoms with Gasteiger partial charge in [0, 0.05) is 12.1 Å². The SMILES string of the molecule is CCN(CC)CCOc1ccccc1NC(=O)c1ccc(C(C)C)cc1. The standard InChI is InChI=1S/C22H30N2O2/c1-5-24(6-2)15-16-26-21-10-8-7-9-20(21)23-22(25)19-13-11-18(12-14-19)17(3)4/h7-14,17H,5-6,15-16H2,1-4H3,(H,23,25). The number of anilines is 1. The smallest absolute Gasteiger partial charge is 0.255 e. The van der Waals surface area contributed by atoms with Gasteiger partial charge in [0.1, 0.15) is 12.4 Å². The van der Waals surface area contributed by atoms with Gasteiger partial charge in [0.05, 0.1) is 5.69 Å². The van der Waals surface area contributed by atoms with Crippen LogP contribution in [0, 0.1) is 0 Å². The second-order valence-electron chi connectivity index (χ2n) is 6.60. The Hall–Kier alpha value is -2.33. The molecule has 4 nitrogen and oxygen atoms in total. The van der Waals surface area contributed by atoms with Crippen molar-refractivity contribution in [3.05, 3.63) is 59.7 Å². The number of hydrogen-bond donors (Lipinski definition) is 1. The predicted molar refractivity (Wildman–Crippen MR) is 108 cm³/mol. The van der Waals surface area contributed by atoms with E-state index in [1.807, 2.05) is 48.5 Å². The molecule has 4 heteroatoms. The molecule has 0 aliphatic rings. The molecule has 2 rings (SSSR count). The zero-order valence-electron chi connectivity index (χ0n) is 16.3. The van der Waals surface area contributed by atoms with Crippen LogP contribution in [0.1, 0.15) is 49.5 Å². The van der Waals surface area contributed by atoms with E-state index in [1.165, 1.54) is 5.56 Å². The number of nitrogens with zero attached hydrogens (tertiary/aromatic N) is 1. The minimum Gasteiger partial charge on any atom is -0.490 e. The van der Waals surface area contributed by atoms with Crippen molar-refractivity contribution in [2.45, 2.75) is 33.6 Å². The van der Waals surface area contributed by atoms with E-state index >= 15 is 0 Å². The number of ether oxygens (including phenoxy) is 1. The average Bonchev–Trinajstić information content (AvgIpc) is 2.66. The summed E-state index contributed by atoms with van der Waals surface area (Å²) in [5, 5.41) is 2.96. The van der Waals surface area contributed by atoms with E-state index in [1.54, 1.807) is 0 Å². The molecule has 0 aliphatic heterocycles. The Morgan fingerprint density at radius 2 is 1.69 bits per heavy atom. The molecule has 140 valence electrons. The summed E-state index contributed by atoms with van der Waals surface area (Å²) in [5.41, 5.74) is 2.57. The van der Waals surface area contributed by atoms with Crippen molar-refractivity contribution < 1.29 is 9.53 Å². The highest BCUT2D eigenvalue weighted by Crippen LogP contribution is 2.24. The first-order valence-corrected chi connectivity index (χ1v) is 9.40. The van der Waals surface area contributed by atoms with Crippen molar-refractivity contribution in [3.63, 3.8) is 0 Å². The highest BCUT2D eigenvalue weighted by Gasteiger charge is 2.11. The molecule has 0 radical (unpaired) electrons. The van der Waals surface area contributed by atoms with Crippen molar-refractivity contribution in [1.82, 2.24) is 4.90 Å². The minimum absolute atomic E-state index is 0.125. The van der Waals surface area contributed by atoms with Gasteiger partial charge in [0.2, 0.25) is 0 Å². The molecule has 2 aromatic carbocycles. The highest BCUT2D eigenvalue weighted by atomic mass is 16.5. The van der Waals surface area contributed by atoms with Gasteiger partial charge in [-0.3, -0.25) is 4.79 Å². The normalized spacial score (nSPS) is 11.0. The maximum absolute atomic E-state index is 12.5. The molecule has 1 N–H and O–H groups in total. The summed E-state index contributed by atoms with van der Waals surface area (Å²) in [7, 11) is 0. The fourth-order valence-corrected chi connectivity index (χ4v) is 2.73. The first kappa shape index (κ1) is 20.0. The van der Waals surface area contributed by atoms with Gasteiger partial charge in [0.15, 0.2) is 0 Å². The number of amides is 1. The Labute approximate surface area is 157 Å². The fourth-order valence-electron chi connectivity index (χ4n) is 2.73. The van der Waals surface area contributed by atoms with Crippen molar-refractivity contribution in [1.29, 1.82) is 0 Å². The quantitative estimate of drug-likeness (QED) is 0.704. The molecule has 1 amide bonds. The molecular weight excluding hydrogens is 324 g/mol. The molecule has 0 aliphatic carbocycles. The Bertz CT molecular complexity index is 692. The van der Waals surface area contributed by atoms with Crippen LogP contribution in [0.3, 0.4) is 0 Å². The van der Waals surface area contributed by atoms with Crippen LogP contribution in [0.15, 0.2) is 48.5 Å². The molecule has 0 spiro atoms. The molecule has 0 fully saturated rings. The first-order chi connectivity index (χ1) is 12.5. The maximum Gasteiger partial charge on any atom is 0.255 e. The van der Waals surface area contributed by atoms with Crippen LogP contribution in [0.25, 0.3) is 0 Å². The summed E-state index contributed by atoms with van der Waals surface area (Å²) >= 11 is 0. The molecular formula is C22H30N2O2. The summed E-state index contributed by atoms with van der Waals surface area (Å²) in [4.78, 5) is 14.9. The van der Waals surface area contributed by atoms with E-state index in [2.05, 4.69) is 37.9 Å². The summed E-state index contributed by atoms with van der Waals surface area (Å²) in [6.07, 6.45) is 0. The number of carbonyl (C=O) groups excluding carboxylic acids is 1. The van der Waals surface area contributed by atoms with Gasteiger partial charge in [-0.1, -0.05) is 52.0 Å². The Morgan fingerprint density at radius 3 is 2.31 bits per heavy atom. The van der Waals surface area contributed by atoms with Gasteiger partial charge < -0.3 is 15.0 Å². The summed E-state index contributed by atoms with van der Waals surface area (Å²) in [6.45, 7) is 12.0. The Kier molecular flexibility index (Phi) is 7.67. The zero-order valence-corrected chi connectivity index (χ0v) is 16.3. The zero-order chi connectivity index (χ0) is 18.9. The van der Waals surface area contributed by atoms with Crippen molar-refractivity contribution in [2.24, 2.45) is 0 Å². The average molecular weight is 354 g/mol. The maximum atomic E-state index is 12.5. The summed E-state index contributed by atoms with van der Waals surface area (Å²) in [6, 6.07) is 15.3. The van der Waals surface area contributed by atoms with Crippen LogP contribution in [-0.4, -0.2) is 37.0 Å². The largest absolute Gasteiger partial charge is 0.490 e. The van der Waals surface area contributed by atoms with Crippen LogP contribution in [0.5, 0.6) is 5.75 Å². The second kappa shape index (κ2) is 9.97. The lowest BCUT2D eigenvalue weighted by Crippen LogP contribution is -2.28. The van der Waals surface area contributed by atoms with Crippen LogP contribution in [0.4, 0.5) is 5.69 Å². The van der Waals surface area contributed by atoms with E-state index in [-0.39, 0.29) is 5.91 Å². The van der Waals surface area contributed by atoms with Gasteiger partial charge in [-0.25, -0.2) is 0 Å². The Morgan fingerprint density at radius 1 is 1.04 bits per heavy atom. The monoisotopic (exact) mass is 354 g/mol. The van der Waals surface area contributed by atoms with E-state index in [0.717, 1.165) is 19.6 Å². The molecule has 0 heterocycles. The third-order valence-electron chi connectivity index (χ3n) is 4.53. The Balaban J connectivity index is 2.01. The molecule has 0 bridgehead atoms. The van der Waals surface area contributed by atoms with Crippen LogP contribution < -0.4 is 10.1 Å². The third-order valence-corrected chi connectivity index (χ3v) is 4.53. The molecule has 2 aromatic rings. The molecule has 26 heavy (non-hydrogen) atoms. The number of hydrogen-bond acceptors (Lipinski definition) is 3. The lowest BCUT2D eigenvalue weighted by Gasteiger charge is -2.19. The van der Waals surface area contributed by atoms with E-state index in [9.17, 15) is 4.79 Å². The van der Waals surface area contributed by atoms with Gasteiger partial charge in [-0.05, 0) is 48.8 Å². The molecule has 0 saturated heterocycles. The molecule has 0 atom stereocenters. The third kappa shape index (κ3) is 5.60.